The van der Waals surface area contributed by atoms with Crippen LogP contribution < -0.4 is 10.1 Å². The molecule has 24 heavy (non-hydrogen) atoms. The van der Waals surface area contributed by atoms with Crippen molar-refractivity contribution in [3.8, 4) is 5.75 Å². The van der Waals surface area contributed by atoms with Crippen molar-refractivity contribution >= 4 is 22.7 Å². The van der Waals surface area contributed by atoms with Crippen LogP contribution >= 0.6 is 0 Å². The summed E-state index contributed by atoms with van der Waals surface area (Å²) in [6, 6.07) is 7.48. The summed E-state index contributed by atoms with van der Waals surface area (Å²) in [5.41, 5.74) is 1.29. The molecule has 0 spiro atoms. The Morgan fingerprint density at radius 1 is 1.38 bits per heavy atom. The van der Waals surface area contributed by atoms with E-state index in [1.54, 1.807) is 13.3 Å². The molecule has 2 aromatic rings. The third kappa shape index (κ3) is 2.21. The molecule has 3 heterocycles. The molecule has 2 saturated heterocycles. The zero-order chi connectivity index (χ0) is 16.7. The first-order chi connectivity index (χ1) is 11.7. The van der Waals surface area contributed by atoms with E-state index in [9.17, 15) is 9.59 Å². The summed E-state index contributed by atoms with van der Waals surface area (Å²) in [5.74, 6) is 0.348. The minimum atomic E-state index is -0.0956. The highest BCUT2D eigenvalue weighted by atomic mass is 16.5. The van der Waals surface area contributed by atoms with Crippen molar-refractivity contribution in [1.29, 1.82) is 0 Å². The van der Waals surface area contributed by atoms with E-state index in [0.29, 0.717) is 24.4 Å². The average Bonchev–Trinajstić information content (AvgIpc) is 3.01. The number of amides is 2. The number of fused-ring (bicyclic) bond motifs is 2. The van der Waals surface area contributed by atoms with Gasteiger partial charge in [-0.2, -0.15) is 0 Å². The number of likely N-dealkylation sites (tertiary alicyclic amines) is 1. The SMILES string of the molecule is COc1cnc2ccccc2c1C(=O)N1CCC[C@H]2C(=O)NC[C@H]21. The van der Waals surface area contributed by atoms with Gasteiger partial charge >= 0.3 is 0 Å². The zero-order valence-electron chi connectivity index (χ0n) is 13.5. The highest BCUT2D eigenvalue weighted by molar-refractivity contribution is 6.08. The Morgan fingerprint density at radius 3 is 3.04 bits per heavy atom. The summed E-state index contributed by atoms with van der Waals surface area (Å²) >= 11 is 0. The predicted molar refractivity (Wildman–Crippen MR) is 88.9 cm³/mol. The van der Waals surface area contributed by atoms with E-state index in [4.69, 9.17) is 4.74 Å². The number of hydrogen-bond acceptors (Lipinski definition) is 4. The molecule has 2 fully saturated rings. The highest BCUT2D eigenvalue weighted by Crippen LogP contribution is 2.33. The van der Waals surface area contributed by atoms with Crippen LogP contribution in [0.3, 0.4) is 0 Å². The van der Waals surface area contributed by atoms with Gasteiger partial charge in [-0.15, -0.1) is 0 Å². The second-order valence-corrected chi connectivity index (χ2v) is 6.28. The second kappa shape index (κ2) is 5.78. The Morgan fingerprint density at radius 2 is 2.21 bits per heavy atom. The summed E-state index contributed by atoms with van der Waals surface area (Å²) in [6.07, 6.45) is 3.27. The zero-order valence-corrected chi connectivity index (χ0v) is 13.5. The minimum absolute atomic E-state index is 0.0593. The van der Waals surface area contributed by atoms with Crippen LogP contribution in [-0.2, 0) is 4.79 Å². The van der Waals surface area contributed by atoms with Crippen LogP contribution in [0.25, 0.3) is 10.9 Å². The third-order valence-corrected chi connectivity index (χ3v) is 5.04. The molecule has 2 atom stereocenters. The molecule has 0 unspecified atom stereocenters. The van der Waals surface area contributed by atoms with Gasteiger partial charge in [-0.1, -0.05) is 18.2 Å². The molecule has 2 aliphatic heterocycles. The molecular weight excluding hydrogens is 306 g/mol. The fraction of sp³-hybridized carbons (Fsp3) is 0.389. The van der Waals surface area contributed by atoms with Crippen molar-refractivity contribution in [2.45, 2.75) is 18.9 Å². The fourth-order valence-electron chi connectivity index (χ4n) is 3.85. The molecule has 0 bridgehead atoms. The van der Waals surface area contributed by atoms with Crippen molar-refractivity contribution in [3.05, 3.63) is 36.0 Å². The summed E-state index contributed by atoms with van der Waals surface area (Å²) < 4.78 is 5.41. The standard InChI is InChI=1S/C18H19N3O3/c1-24-15-10-19-13-7-3-2-5-11(13)16(15)18(23)21-8-4-6-12-14(21)9-20-17(12)22/h2-3,5,7,10,12,14H,4,6,8-9H2,1H3,(H,20,22)/t12-,14-/m1/s1. The van der Waals surface area contributed by atoms with Crippen LogP contribution in [-0.4, -0.2) is 47.9 Å². The van der Waals surface area contributed by atoms with Crippen LogP contribution in [0.4, 0.5) is 0 Å². The summed E-state index contributed by atoms with van der Waals surface area (Å²) in [4.78, 5) is 31.5. The molecule has 1 aromatic heterocycles. The Hall–Kier alpha value is -2.63. The molecule has 1 aromatic carbocycles. The molecule has 0 saturated carbocycles. The number of aromatic nitrogens is 1. The second-order valence-electron chi connectivity index (χ2n) is 6.28. The number of methoxy groups -OCH3 is 1. The maximum absolute atomic E-state index is 13.3. The van der Waals surface area contributed by atoms with Crippen molar-refractivity contribution in [1.82, 2.24) is 15.2 Å². The van der Waals surface area contributed by atoms with E-state index in [2.05, 4.69) is 10.3 Å². The number of nitrogens with zero attached hydrogens (tertiary/aromatic N) is 2. The number of pyridine rings is 1. The molecule has 6 heteroatoms. The number of para-hydroxylation sites is 1. The third-order valence-electron chi connectivity index (χ3n) is 5.04. The molecule has 6 nitrogen and oxygen atoms in total. The lowest BCUT2D eigenvalue weighted by Gasteiger charge is -2.36. The first kappa shape index (κ1) is 14.9. The summed E-state index contributed by atoms with van der Waals surface area (Å²) in [6.45, 7) is 1.19. The highest BCUT2D eigenvalue weighted by Gasteiger charge is 2.43. The predicted octanol–water partition coefficient (Wildman–Crippen LogP) is 1.59. The lowest BCUT2D eigenvalue weighted by Crippen LogP contribution is -2.48. The average molecular weight is 325 g/mol. The molecule has 2 aliphatic rings. The number of carbonyl (C=O) groups excluding carboxylic acids is 2. The van der Waals surface area contributed by atoms with Gasteiger partial charge in [-0.25, -0.2) is 0 Å². The van der Waals surface area contributed by atoms with E-state index in [-0.39, 0.29) is 23.8 Å². The van der Waals surface area contributed by atoms with Crippen molar-refractivity contribution < 1.29 is 14.3 Å². The van der Waals surface area contributed by atoms with Crippen LogP contribution in [0.2, 0.25) is 0 Å². The van der Waals surface area contributed by atoms with Crippen molar-refractivity contribution in [2.75, 3.05) is 20.2 Å². The number of nitrogens with one attached hydrogen (secondary N) is 1. The number of ether oxygens (including phenoxy) is 1. The molecular formula is C18H19N3O3. The molecule has 1 N–H and O–H groups in total. The normalized spacial score (nSPS) is 23.0. The molecule has 4 rings (SSSR count). The van der Waals surface area contributed by atoms with Gasteiger partial charge in [0.2, 0.25) is 5.91 Å². The summed E-state index contributed by atoms with van der Waals surface area (Å²) in [5, 5.41) is 3.67. The van der Waals surface area contributed by atoms with Crippen LogP contribution in [0.1, 0.15) is 23.2 Å². The lowest BCUT2D eigenvalue weighted by atomic mass is 9.90. The van der Waals surface area contributed by atoms with Gasteiger partial charge < -0.3 is 15.0 Å². The number of piperidine rings is 1. The Bertz CT molecular complexity index is 820. The first-order valence-corrected chi connectivity index (χ1v) is 8.21. The number of benzene rings is 1. The number of hydrogen-bond donors (Lipinski definition) is 1. The van der Waals surface area contributed by atoms with Gasteiger partial charge in [0, 0.05) is 18.5 Å². The Balaban J connectivity index is 1.79. The van der Waals surface area contributed by atoms with Gasteiger partial charge in [0.1, 0.15) is 0 Å². The summed E-state index contributed by atoms with van der Waals surface area (Å²) in [7, 11) is 1.54. The van der Waals surface area contributed by atoms with E-state index >= 15 is 0 Å². The van der Waals surface area contributed by atoms with Gasteiger partial charge in [-0.3, -0.25) is 14.6 Å². The molecule has 2 amide bonds. The van der Waals surface area contributed by atoms with Crippen LogP contribution in [0, 0.1) is 5.92 Å². The molecule has 0 aliphatic carbocycles. The maximum Gasteiger partial charge on any atom is 0.258 e. The quantitative estimate of drug-likeness (QED) is 0.910. The number of rotatable bonds is 2. The van der Waals surface area contributed by atoms with Gasteiger partial charge in [-0.05, 0) is 18.9 Å². The first-order valence-electron chi connectivity index (χ1n) is 8.21. The van der Waals surface area contributed by atoms with Gasteiger partial charge in [0.25, 0.3) is 5.91 Å². The van der Waals surface area contributed by atoms with E-state index in [1.165, 1.54) is 0 Å². The van der Waals surface area contributed by atoms with E-state index in [1.807, 2.05) is 29.2 Å². The fourth-order valence-corrected chi connectivity index (χ4v) is 3.85. The minimum Gasteiger partial charge on any atom is -0.494 e. The Kier molecular flexibility index (Phi) is 3.59. The van der Waals surface area contributed by atoms with Crippen LogP contribution in [0.15, 0.2) is 30.5 Å². The van der Waals surface area contributed by atoms with E-state index < -0.39 is 0 Å². The maximum atomic E-state index is 13.3. The largest absolute Gasteiger partial charge is 0.494 e. The van der Waals surface area contributed by atoms with Crippen molar-refractivity contribution in [3.63, 3.8) is 0 Å². The molecule has 124 valence electrons. The van der Waals surface area contributed by atoms with Gasteiger partial charge in [0.05, 0.1) is 36.3 Å². The van der Waals surface area contributed by atoms with Gasteiger partial charge in [0.15, 0.2) is 5.75 Å². The smallest absolute Gasteiger partial charge is 0.258 e. The van der Waals surface area contributed by atoms with Crippen LogP contribution in [0.5, 0.6) is 5.75 Å². The topological polar surface area (TPSA) is 71.5 Å². The Labute approximate surface area is 139 Å². The molecule has 0 radical (unpaired) electrons. The van der Waals surface area contributed by atoms with E-state index in [0.717, 1.165) is 23.7 Å². The lowest BCUT2D eigenvalue weighted by molar-refractivity contribution is -0.123. The van der Waals surface area contributed by atoms with Crippen molar-refractivity contribution in [2.24, 2.45) is 5.92 Å². The monoisotopic (exact) mass is 325 g/mol. The number of carbonyl (C=O) groups is 2.